The van der Waals surface area contributed by atoms with Crippen molar-refractivity contribution >= 4 is 41.3 Å². The largest absolute Gasteiger partial charge is 0.338 e. The smallest absolute Gasteiger partial charge is 0.230 e. The van der Waals surface area contributed by atoms with Crippen LogP contribution in [0.1, 0.15) is 37.0 Å². The van der Waals surface area contributed by atoms with E-state index in [0.717, 1.165) is 28.6 Å². The summed E-state index contributed by atoms with van der Waals surface area (Å²) in [4.78, 5) is 15.5. The van der Waals surface area contributed by atoms with E-state index in [0.29, 0.717) is 6.54 Å². The summed E-state index contributed by atoms with van der Waals surface area (Å²) in [6.45, 7) is 3.35. The quantitative estimate of drug-likeness (QED) is 0.928. The van der Waals surface area contributed by atoms with E-state index in [1.165, 1.54) is 17.8 Å². The number of carbonyl (C=O) groups excluding carboxylic acids is 1. The lowest BCUT2D eigenvalue weighted by atomic mass is 9.99. The van der Waals surface area contributed by atoms with E-state index in [1.54, 1.807) is 0 Å². The molecule has 2 heterocycles. The Balaban J connectivity index is 0.00000180. The monoisotopic (exact) mass is 322 g/mol. The molecule has 2 N–H and O–H groups in total. The third-order valence-corrected chi connectivity index (χ3v) is 4.99. The Labute approximate surface area is 129 Å². The average Bonchev–Trinajstić information content (AvgIpc) is 2.83. The molecule has 3 nitrogen and oxygen atoms in total. The lowest BCUT2D eigenvalue weighted by Crippen LogP contribution is -2.48. The third-order valence-electron chi connectivity index (χ3n) is 3.57. The summed E-state index contributed by atoms with van der Waals surface area (Å²) in [7, 11) is 0. The second kappa shape index (κ2) is 7.48. The SMILES string of the molecule is CC(C(=O)N1CCCCC1CN)c1ccc(Cl)s1.Cl. The van der Waals surface area contributed by atoms with Crippen LogP contribution in [-0.4, -0.2) is 29.9 Å². The molecule has 19 heavy (non-hydrogen) atoms. The van der Waals surface area contributed by atoms with Gasteiger partial charge in [-0.3, -0.25) is 4.79 Å². The zero-order chi connectivity index (χ0) is 13.1. The van der Waals surface area contributed by atoms with Gasteiger partial charge in [-0.1, -0.05) is 11.6 Å². The summed E-state index contributed by atoms with van der Waals surface area (Å²) >= 11 is 7.41. The van der Waals surface area contributed by atoms with Gasteiger partial charge in [-0.2, -0.15) is 0 Å². The number of halogens is 2. The van der Waals surface area contributed by atoms with Crippen LogP contribution in [0.25, 0.3) is 0 Å². The van der Waals surface area contributed by atoms with Gasteiger partial charge in [0.25, 0.3) is 0 Å². The van der Waals surface area contributed by atoms with Gasteiger partial charge in [-0.05, 0) is 38.3 Å². The second-order valence-electron chi connectivity index (χ2n) is 4.78. The molecule has 1 fully saturated rings. The van der Waals surface area contributed by atoms with Crippen molar-refractivity contribution in [2.75, 3.05) is 13.1 Å². The number of nitrogens with zero attached hydrogens (tertiary/aromatic N) is 1. The molecule has 1 amide bonds. The zero-order valence-corrected chi connectivity index (χ0v) is 13.4. The molecule has 0 bridgehead atoms. The van der Waals surface area contributed by atoms with Crippen LogP contribution in [0.3, 0.4) is 0 Å². The van der Waals surface area contributed by atoms with Crippen molar-refractivity contribution in [2.45, 2.75) is 38.1 Å². The van der Waals surface area contributed by atoms with Crippen LogP contribution >= 0.6 is 35.3 Å². The van der Waals surface area contributed by atoms with Gasteiger partial charge < -0.3 is 10.6 Å². The minimum atomic E-state index is -0.116. The van der Waals surface area contributed by atoms with E-state index in [-0.39, 0.29) is 30.3 Å². The molecule has 2 unspecified atom stereocenters. The van der Waals surface area contributed by atoms with Crippen molar-refractivity contribution in [3.8, 4) is 0 Å². The van der Waals surface area contributed by atoms with Crippen LogP contribution in [0.5, 0.6) is 0 Å². The number of hydrogen-bond acceptors (Lipinski definition) is 3. The van der Waals surface area contributed by atoms with Crippen molar-refractivity contribution in [3.05, 3.63) is 21.3 Å². The molecule has 1 aromatic heterocycles. The number of rotatable bonds is 3. The van der Waals surface area contributed by atoms with E-state index in [2.05, 4.69) is 0 Å². The van der Waals surface area contributed by atoms with E-state index >= 15 is 0 Å². The predicted molar refractivity (Wildman–Crippen MR) is 83.4 cm³/mol. The van der Waals surface area contributed by atoms with Crippen molar-refractivity contribution in [1.29, 1.82) is 0 Å². The highest BCUT2D eigenvalue weighted by Crippen LogP contribution is 2.30. The molecule has 0 aliphatic carbocycles. The maximum Gasteiger partial charge on any atom is 0.230 e. The molecule has 1 aliphatic rings. The molecular weight excluding hydrogens is 303 g/mol. The van der Waals surface area contributed by atoms with Gasteiger partial charge in [0.2, 0.25) is 5.91 Å². The maximum absolute atomic E-state index is 12.5. The zero-order valence-electron chi connectivity index (χ0n) is 11.0. The average molecular weight is 323 g/mol. The minimum absolute atomic E-state index is 0. The van der Waals surface area contributed by atoms with E-state index < -0.39 is 0 Å². The Morgan fingerprint density at radius 1 is 1.58 bits per heavy atom. The Bertz CT molecular complexity index is 425. The lowest BCUT2D eigenvalue weighted by molar-refractivity contribution is -0.135. The molecule has 2 rings (SSSR count). The second-order valence-corrected chi connectivity index (χ2v) is 6.53. The predicted octanol–water partition coefficient (Wildman–Crippen LogP) is 3.27. The highest BCUT2D eigenvalue weighted by atomic mass is 35.5. The Morgan fingerprint density at radius 3 is 2.89 bits per heavy atom. The fourth-order valence-electron chi connectivity index (χ4n) is 2.47. The van der Waals surface area contributed by atoms with Gasteiger partial charge in [0.15, 0.2) is 0 Å². The van der Waals surface area contributed by atoms with E-state index in [1.807, 2.05) is 24.0 Å². The number of hydrogen-bond donors (Lipinski definition) is 1. The number of nitrogens with two attached hydrogens (primary N) is 1. The van der Waals surface area contributed by atoms with Gasteiger partial charge >= 0.3 is 0 Å². The van der Waals surface area contributed by atoms with Crippen molar-refractivity contribution < 1.29 is 4.79 Å². The van der Waals surface area contributed by atoms with Gasteiger partial charge in [0.1, 0.15) is 0 Å². The topological polar surface area (TPSA) is 46.3 Å². The lowest BCUT2D eigenvalue weighted by Gasteiger charge is -2.36. The van der Waals surface area contributed by atoms with Gasteiger partial charge in [-0.25, -0.2) is 0 Å². The van der Waals surface area contributed by atoms with Crippen molar-refractivity contribution in [3.63, 3.8) is 0 Å². The molecule has 1 aliphatic heterocycles. The summed E-state index contributed by atoms with van der Waals surface area (Å²) in [6.07, 6.45) is 3.28. The summed E-state index contributed by atoms with van der Waals surface area (Å²) in [5.74, 6) is 0.0679. The first kappa shape index (κ1) is 16.8. The standard InChI is InChI=1S/C13H19ClN2OS.ClH/c1-9(11-5-6-12(14)18-11)13(17)16-7-3-2-4-10(16)8-15;/h5-6,9-10H,2-4,7-8,15H2,1H3;1H. The fraction of sp³-hybridized carbons (Fsp3) is 0.615. The molecular formula is C13H20Cl2N2OS. The summed E-state index contributed by atoms with van der Waals surface area (Å²) in [5, 5.41) is 0. The summed E-state index contributed by atoms with van der Waals surface area (Å²) in [6, 6.07) is 4.00. The molecule has 0 aromatic carbocycles. The van der Waals surface area contributed by atoms with Crippen LogP contribution in [-0.2, 0) is 4.79 Å². The summed E-state index contributed by atoms with van der Waals surface area (Å²) in [5.41, 5.74) is 5.76. The molecule has 1 aromatic rings. The van der Waals surface area contributed by atoms with Crippen LogP contribution in [0, 0.1) is 0 Å². The van der Waals surface area contributed by atoms with Crippen molar-refractivity contribution in [2.24, 2.45) is 5.73 Å². The molecule has 108 valence electrons. The summed E-state index contributed by atoms with van der Waals surface area (Å²) < 4.78 is 0.735. The number of thiophene rings is 1. The minimum Gasteiger partial charge on any atom is -0.338 e. The fourth-order valence-corrected chi connectivity index (χ4v) is 3.57. The Morgan fingerprint density at radius 2 is 2.32 bits per heavy atom. The number of piperidine rings is 1. The number of carbonyl (C=O) groups is 1. The molecule has 0 saturated carbocycles. The Kier molecular flexibility index (Phi) is 6.60. The molecule has 0 radical (unpaired) electrons. The number of likely N-dealkylation sites (tertiary alicyclic amines) is 1. The highest BCUT2D eigenvalue weighted by molar-refractivity contribution is 7.16. The van der Waals surface area contributed by atoms with E-state index in [4.69, 9.17) is 17.3 Å². The van der Waals surface area contributed by atoms with Gasteiger partial charge in [0, 0.05) is 24.0 Å². The first-order chi connectivity index (χ1) is 8.63. The highest BCUT2D eigenvalue weighted by Gasteiger charge is 2.29. The van der Waals surface area contributed by atoms with Crippen LogP contribution in [0.4, 0.5) is 0 Å². The first-order valence-electron chi connectivity index (χ1n) is 6.39. The first-order valence-corrected chi connectivity index (χ1v) is 7.58. The molecule has 6 heteroatoms. The van der Waals surface area contributed by atoms with Crippen molar-refractivity contribution in [1.82, 2.24) is 4.90 Å². The molecule has 1 saturated heterocycles. The molecule has 0 spiro atoms. The van der Waals surface area contributed by atoms with Crippen LogP contribution in [0.15, 0.2) is 12.1 Å². The van der Waals surface area contributed by atoms with Gasteiger partial charge in [0.05, 0.1) is 10.3 Å². The maximum atomic E-state index is 12.5. The van der Waals surface area contributed by atoms with Crippen LogP contribution in [0.2, 0.25) is 4.34 Å². The third kappa shape index (κ3) is 3.85. The molecule has 2 atom stereocenters. The Hall–Kier alpha value is -0.290. The number of amides is 1. The van der Waals surface area contributed by atoms with Crippen LogP contribution < -0.4 is 5.73 Å². The van der Waals surface area contributed by atoms with E-state index in [9.17, 15) is 4.79 Å². The van der Waals surface area contributed by atoms with Gasteiger partial charge in [-0.15, -0.1) is 23.7 Å². The normalized spacial score (nSPS) is 20.8.